The molecule has 0 aromatic heterocycles. The Balaban J connectivity index is 1.96. The molecule has 4 heteroatoms. The van der Waals surface area contributed by atoms with Crippen molar-refractivity contribution in [3.63, 3.8) is 0 Å². The number of likely N-dealkylation sites (tertiary alicyclic amines) is 1. The van der Waals surface area contributed by atoms with E-state index in [1.54, 1.807) is 0 Å². The molecule has 2 heterocycles. The van der Waals surface area contributed by atoms with Crippen molar-refractivity contribution < 1.29 is 14.6 Å². The molecule has 16 heavy (non-hydrogen) atoms. The fraction of sp³-hybridized carbons (Fsp3) is 0.917. The third-order valence-corrected chi connectivity index (χ3v) is 3.98. The van der Waals surface area contributed by atoms with Crippen molar-refractivity contribution in [1.82, 2.24) is 4.90 Å². The lowest BCUT2D eigenvalue weighted by atomic mass is 9.81. The van der Waals surface area contributed by atoms with Crippen LogP contribution in [0.5, 0.6) is 0 Å². The van der Waals surface area contributed by atoms with Crippen LogP contribution < -0.4 is 0 Å². The van der Waals surface area contributed by atoms with Gasteiger partial charge in [0.15, 0.2) is 0 Å². The van der Waals surface area contributed by atoms with Crippen LogP contribution >= 0.6 is 0 Å². The Morgan fingerprint density at radius 2 is 2.06 bits per heavy atom. The van der Waals surface area contributed by atoms with Crippen molar-refractivity contribution in [2.75, 3.05) is 26.3 Å². The van der Waals surface area contributed by atoms with E-state index in [9.17, 15) is 9.90 Å². The summed E-state index contributed by atoms with van der Waals surface area (Å²) < 4.78 is 5.28. The number of ether oxygens (including phenoxy) is 1. The minimum Gasteiger partial charge on any atom is -0.480 e. The number of carboxylic acid groups (broad SMARTS) is 1. The predicted octanol–water partition coefficient (Wildman–Crippen LogP) is 1.35. The molecule has 0 unspecified atom stereocenters. The van der Waals surface area contributed by atoms with Gasteiger partial charge in [0, 0.05) is 26.3 Å². The van der Waals surface area contributed by atoms with Gasteiger partial charge >= 0.3 is 5.97 Å². The first kappa shape index (κ1) is 11.9. The van der Waals surface area contributed by atoms with Crippen molar-refractivity contribution in [3.8, 4) is 0 Å². The van der Waals surface area contributed by atoms with E-state index in [4.69, 9.17) is 4.74 Å². The maximum absolute atomic E-state index is 11.5. The monoisotopic (exact) mass is 227 g/mol. The zero-order valence-corrected chi connectivity index (χ0v) is 9.95. The molecule has 0 aromatic rings. The Morgan fingerprint density at radius 3 is 2.56 bits per heavy atom. The molecule has 4 nitrogen and oxygen atoms in total. The minimum absolute atomic E-state index is 0.585. The lowest BCUT2D eigenvalue weighted by molar-refractivity contribution is -0.166. The number of carboxylic acids is 1. The number of hydrogen-bond donors (Lipinski definition) is 1. The first-order valence-electron chi connectivity index (χ1n) is 6.25. The van der Waals surface area contributed by atoms with Gasteiger partial charge in [-0.1, -0.05) is 13.3 Å². The molecule has 0 bridgehead atoms. The maximum atomic E-state index is 11.5. The molecule has 0 amide bonds. The molecular weight excluding hydrogens is 206 g/mol. The van der Waals surface area contributed by atoms with Crippen LogP contribution in [0.15, 0.2) is 0 Å². The van der Waals surface area contributed by atoms with Gasteiger partial charge in [-0.15, -0.1) is 0 Å². The molecule has 2 fully saturated rings. The molecule has 0 atom stereocenters. The Bertz CT molecular complexity index is 255. The van der Waals surface area contributed by atoms with Gasteiger partial charge in [-0.05, 0) is 25.2 Å². The van der Waals surface area contributed by atoms with E-state index in [2.05, 4.69) is 11.8 Å². The average Bonchev–Trinajstić information content (AvgIpc) is 2.23. The van der Waals surface area contributed by atoms with Gasteiger partial charge in [-0.25, -0.2) is 0 Å². The number of rotatable bonds is 4. The molecule has 0 radical (unpaired) electrons. The van der Waals surface area contributed by atoms with E-state index in [0.29, 0.717) is 32.0 Å². The zero-order valence-electron chi connectivity index (χ0n) is 9.95. The zero-order chi connectivity index (χ0) is 11.6. The summed E-state index contributed by atoms with van der Waals surface area (Å²) in [5, 5.41) is 9.44. The van der Waals surface area contributed by atoms with E-state index in [1.807, 2.05) is 0 Å². The van der Waals surface area contributed by atoms with Crippen molar-refractivity contribution in [1.29, 1.82) is 0 Å². The summed E-state index contributed by atoms with van der Waals surface area (Å²) in [6, 6.07) is 0. The van der Waals surface area contributed by atoms with E-state index in [-0.39, 0.29) is 0 Å². The summed E-state index contributed by atoms with van der Waals surface area (Å²) in [6.07, 6.45) is 3.70. The van der Waals surface area contributed by atoms with E-state index in [0.717, 1.165) is 13.1 Å². The fourth-order valence-corrected chi connectivity index (χ4v) is 2.88. The fourth-order valence-electron chi connectivity index (χ4n) is 2.88. The third kappa shape index (κ3) is 1.96. The van der Waals surface area contributed by atoms with E-state index in [1.165, 1.54) is 12.8 Å². The van der Waals surface area contributed by atoms with Crippen LogP contribution in [0.4, 0.5) is 0 Å². The molecule has 0 spiro atoms. The number of aliphatic carboxylic acids is 1. The highest BCUT2D eigenvalue weighted by molar-refractivity contribution is 5.79. The van der Waals surface area contributed by atoms with Gasteiger partial charge in [0.2, 0.25) is 0 Å². The van der Waals surface area contributed by atoms with Gasteiger partial charge in [-0.2, -0.15) is 0 Å². The summed E-state index contributed by atoms with van der Waals surface area (Å²) in [5.74, 6) is 0.0508. The highest BCUT2D eigenvalue weighted by Crippen LogP contribution is 2.35. The van der Waals surface area contributed by atoms with Crippen LogP contribution in [0.2, 0.25) is 0 Å². The standard InChI is InChI=1S/C12H21NO3/c1-2-3-10-8-13(9-10)12(11(14)15)4-6-16-7-5-12/h10H,2-9H2,1H3,(H,14,15). The van der Waals surface area contributed by atoms with Crippen molar-refractivity contribution in [3.05, 3.63) is 0 Å². The van der Waals surface area contributed by atoms with Crippen LogP contribution in [-0.2, 0) is 9.53 Å². The third-order valence-electron chi connectivity index (χ3n) is 3.98. The van der Waals surface area contributed by atoms with Gasteiger partial charge in [-0.3, -0.25) is 9.69 Å². The first-order chi connectivity index (χ1) is 7.69. The highest BCUT2D eigenvalue weighted by Gasteiger charge is 2.49. The molecule has 2 saturated heterocycles. The molecule has 2 rings (SSSR count). The lowest BCUT2D eigenvalue weighted by Crippen LogP contribution is -2.65. The summed E-state index contributed by atoms with van der Waals surface area (Å²) in [5.41, 5.74) is -0.623. The second-order valence-electron chi connectivity index (χ2n) is 5.01. The first-order valence-corrected chi connectivity index (χ1v) is 6.25. The number of hydrogen-bond acceptors (Lipinski definition) is 3. The van der Waals surface area contributed by atoms with Gasteiger partial charge < -0.3 is 9.84 Å². The Hall–Kier alpha value is -0.610. The molecule has 1 N–H and O–H groups in total. The van der Waals surface area contributed by atoms with Crippen LogP contribution in [0.3, 0.4) is 0 Å². The normalized spacial score (nSPS) is 26.3. The van der Waals surface area contributed by atoms with Crippen LogP contribution in [0.25, 0.3) is 0 Å². The molecular formula is C12H21NO3. The predicted molar refractivity (Wildman–Crippen MR) is 60.4 cm³/mol. The number of carbonyl (C=O) groups is 1. The number of nitrogens with zero attached hydrogens (tertiary/aromatic N) is 1. The maximum Gasteiger partial charge on any atom is 0.324 e. The molecule has 2 aliphatic rings. The topological polar surface area (TPSA) is 49.8 Å². The molecule has 2 aliphatic heterocycles. The summed E-state index contributed by atoms with van der Waals surface area (Å²) >= 11 is 0. The highest BCUT2D eigenvalue weighted by atomic mass is 16.5. The molecule has 0 aromatic carbocycles. The van der Waals surface area contributed by atoms with Gasteiger partial charge in [0.25, 0.3) is 0 Å². The quantitative estimate of drug-likeness (QED) is 0.787. The SMILES string of the molecule is CCCC1CN(C2(C(=O)O)CCOCC2)C1. The van der Waals surface area contributed by atoms with Crippen molar-refractivity contribution in [2.45, 2.75) is 38.1 Å². The van der Waals surface area contributed by atoms with Crippen LogP contribution in [0.1, 0.15) is 32.6 Å². The summed E-state index contributed by atoms with van der Waals surface area (Å²) in [7, 11) is 0. The van der Waals surface area contributed by atoms with Crippen LogP contribution in [0, 0.1) is 5.92 Å². The Labute approximate surface area is 96.6 Å². The molecule has 0 aliphatic carbocycles. The van der Waals surface area contributed by atoms with Crippen molar-refractivity contribution >= 4 is 5.97 Å². The van der Waals surface area contributed by atoms with E-state index < -0.39 is 11.5 Å². The second-order valence-corrected chi connectivity index (χ2v) is 5.01. The van der Waals surface area contributed by atoms with Crippen LogP contribution in [-0.4, -0.2) is 47.8 Å². The minimum atomic E-state index is -0.661. The summed E-state index contributed by atoms with van der Waals surface area (Å²) in [6.45, 7) is 5.27. The van der Waals surface area contributed by atoms with Gasteiger partial charge in [0.1, 0.15) is 5.54 Å². The van der Waals surface area contributed by atoms with E-state index >= 15 is 0 Å². The largest absolute Gasteiger partial charge is 0.480 e. The Morgan fingerprint density at radius 1 is 1.44 bits per heavy atom. The molecule has 92 valence electrons. The Kier molecular flexibility index (Phi) is 3.50. The lowest BCUT2D eigenvalue weighted by Gasteiger charge is -2.51. The van der Waals surface area contributed by atoms with Crippen molar-refractivity contribution in [2.24, 2.45) is 5.92 Å². The summed E-state index contributed by atoms with van der Waals surface area (Å²) in [4.78, 5) is 13.6. The molecule has 0 saturated carbocycles. The smallest absolute Gasteiger partial charge is 0.324 e. The van der Waals surface area contributed by atoms with Gasteiger partial charge in [0.05, 0.1) is 0 Å². The second kappa shape index (κ2) is 4.72. The average molecular weight is 227 g/mol.